The Morgan fingerprint density at radius 2 is 1.79 bits per heavy atom. The molecule has 4 bridgehead atoms. The molecule has 0 amide bonds. The monoisotopic (exact) mass is 329 g/mol. The van der Waals surface area contributed by atoms with Crippen LogP contribution in [0.4, 0.5) is 5.69 Å². The van der Waals surface area contributed by atoms with Crippen LogP contribution in [-0.2, 0) is 11.2 Å². The third kappa shape index (κ3) is 2.50. The van der Waals surface area contributed by atoms with E-state index < -0.39 is 4.92 Å². The predicted molar refractivity (Wildman–Crippen MR) is 89.0 cm³/mol. The van der Waals surface area contributed by atoms with Crippen LogP contribution in [0.15, 0.2) is 18.2 Å². The van der Waals surface area contributed by atoms with Crippen LogP contribution in [0.1, 0.15) is 44.1 Å². The molecule has 128 valence electrons. The predicted octanol–water partition coefficient (Wildman–Crippen LogP) is 3.93. The molecule has 0 heterocycles. The average molecular weight is 329 g/mol. The number of nitro groups is 1. The van der Waals surface area contributed by atoms with E-state index in [2.05, 4.69) is 0 Å². The highest BCUT2D eigenvalue weighted by Gasteiger charge is 2.54. The number of nitrogens with zero attached hydrogens (tertiary/aromatic N) is 1. The van der Waals surface area contributed by atoms with Crippen LogP contribution in [0.5, 0.6) is 5.75 Å². The number of non-ortho nitro benzene ring substituents is 1. The quantitative estimate of drug-likeness (QED) is 0.606. The standard InChI is InChI=1S/C19H23NO4/c1-24-17-8-16(20(22)23)3-2-15(17)7-18(21)19-9-12-4-13(10-19)6-14(5-12)11-19/h2-3,8,12-14H,4-7,9-11H2,1H3. The van der Waals surface area contributed by atoms with Gasteiger partial charge >= 0.3 is 0 Å². The Balaban J connectivity index is 1.57. The van der Waals surface area contributed by atoms with Gasteiger partial charge in [-0.1, -0.05) is 0 Å². The van der Waals surface area contributed by atoms with Gasteiger partial charge in [0.15, 0.2) is 0 Å². The van der Waals surface area contributed by atoms with E-state index in [-0.39, 0.29) is 11.1 Å². The number of hydrogen-bond donors (Lipinski definition) is 0. The third-order valence-corrected chi connectivity index (χ3v) is 6.46. The maximum absolute atomic E-state index is 13.2. The van der Waals surface area contributed by atoms with Crippen molar-refractivity contribution in [3.05, 3.63) is 33.9 Å². The Morgan fingerprint density at radius 1 is 1.21 bits per heavy atom. The summed E-state index contributed by atoms with van der Waals surface area (Å²) in [5, 5.41) is 10.9. The smallest absolute Gasteiger partial charge is 0.273 e. The fraction of sp³-hybridized carbons (Fsp3) is 0.632. The van der Waals surface area contributed by atoms with E-state index in [4.69, 9.17) is 4.74 Å². The number of benzene rings is 1. The molecular weight excluding hydrogens is 306 g/mol. The lowest BCUT2D eigenvalue weighted by molar-refractivity contribution is -0.384. The van der Waals surface area contributed by atoms with E-state index in [1.165, 1.54) is 38.5 Å². The SMILES string of the molecule is COc1cc([N+](=O)[O-])ccc1CC(=O)C12CC3CC(CC(C3)C1)C2. The van der Waals surface area contributed by atoms with Crippen LogP contribution >= 0.6 is 0 Å². The number of Topliss-reactive ketones (excluding diaryl/α,β-unsaturated/α-hetero) is 1. The van der Waals surface area contributed by atoms with Gasteiger partial charge in [-0.25, -0.2) is 0 Å². The lowest BCUT2D eigenvalue weighted by atomic mass is 9.48. The first-order chi connectivity index (χ1) is 11.5. The van der Waals surface area contributed by atoms with Gasteiger partial charge in [0.2, 0.25) is 0 Å². The number of ketones is 1. The summed E-state index contributed by atoms with van der Waals surface area (Å²) in [4.78, 5) is 23.6. The van der Waals surface area contributed by atoms with Crippen molar-refractivity contribution in [1.82, 2.24) is 0 Å². The van der Waals surface area contributed by atoms with Crippen LogP contribution in [0.2, 0.25) is 0 Å². The molecule has 0 atom stereocenters. The summed E-state index contributed by atoms with van der Waals surface area (Å²) in [5.41, 5.74) is 0.628. The van der Waals surface area contributed by atoms with E-state index in [1.54, 1.807) is 6.07 Å². The first-order valence-electron chi connectivity index (χ1n) is 8.84. The molecule has 0 saturated heterocycles. The van der Waals surface area contributed by atoms with Crippen molar-refractivity contribution in [3.8, 4) is 5.75 Å². The van der Waals surface area contributed by atoms with Crippen molar-refractivity contribution < 1.29 is 14.5 Å². The Kier molecular flexibility index (Phi) is 3.62. The molecule has 0 N–H and O–H groups in total. The molecule has 0 spiro atoms. The summed E-state index contributed by atoms with van der Waals surface area (Å²) in [6.07, 6.45) is 7.41. The Labute approximate surface area is 141 Å². The first kappa shape index (κ1) is 15.6. The van der Waals surface area contributed by atoms with Crippen LogP contribution in [0, 0.1) is 33.3 Å². The van der Waals surface area contributed by atoms with Crippen molar-refractivity contribution >= 4 is 11.5 Å². The Bertz CT molecular complexity index is 661. The zero-order valence-corrected chi connectivity index (χ0v) is 14.0. The molecule has 0 aromatic heterocycles. The number of rotatable bonds is 5. The highest BCUT2D eigenvalue weighted by molar-refractivity contribution is 5.88. The molecule has 4 aliphatic rings. The Morgan fingerprint density at radius 3 is 2.29 bits per heavy atom. The van der Waals surface area contributed by atoms with Gasteiger partial charge in [-0.15, -0.1) is 0 Å². The Hall–Kier alpha value is -1.91. The number of methoxy groups -OCH3 is 1. The highest BCUT2D eigenvalue weighted by Crippen LogP contribution is 2.60. The minimum absolute atomic E-state index is 0.00199. The number of ether oxygens (including phenoxy) is 1. The van der Waals surface area contributed by atoms with E-state index in [0.717, 1.165) is 42.6 Å². The van der Waals surface area contributed by atoms with Crippen molar-refractivity contribution in [2.75, 3.05) is 7.11 Å². The van der Waals surface area contributed by atoms with E-state index in [1.807, 2.05) is 0 Å². The maximum atomic E-state index is 13.2. The van der Waals surface area contributed by atoms with Crippen LogP contribution in [0.3, 0.4) is 0 Å². The molecule has 5 nitrogen and oxygen atoms in total. The molecule has 24 heavy (non-hydrogen) atoms. The lowest BCUT2D eigenvalue weighted by Crippen LogP contribution is -2.50. The summed E-state index contributed by atoms with van der Waals surface area (Å²) in [6.45, 7) is 0. The third-order valence-electron chi connectivity index (χ3n) is 6.46. The normalized spacial score (nSPS) is 33.5. The molecule has 0 radical (unpaired) electrons. The summed E-state index contributed by atoms with van der Waals surface area (Å²) < 4.78 is 5.30. The zero-order valence-electron chi connectivity index (χ0n) is 14.0. The number of carbonyl (C=O) groups is 1. The van der Waals surface area contributed by atoms with Gasteiger partial charge in [-0.2, -0.15) is 0 Å². The van der Waals surface area contributed by atoms with E-state index in [0.29, 0.717) is 18.0 Å². The van der Waals surface area contributed by atoms with Gasteiger partial charge in [0.25, 0.3) is 5.69 Å². The largest absolute Gasteiger partial charge is 0.496 e. The summed E-state index contributed by atoms with van der Waals surface area (Å²) in [5.74, 6) is 2.97. The fourth-order valence-electron chi connectivity index (χ4n) is 5.81. The molecule has 0 aliphatic heterocycles. The van der Waals surface area contributed by atoms with Crippen LogP contribution in [0.25, 0.3) is 0 Å². The van der Waals surface area contributed by atoms with Gasteiger partial charge in [0.05, 0.1) is 18.1 Å². The van der Waals surface area contributed by atoms with Gasteiger partial charge in [0, 0.05) is 23.5 Å². The first-order valence-corrected chi connectivity index (χ1v) is 8.84. The summed E-state index contributed by atoms with van der Waals surface area (Å²) >= 11 is 0. The lowest BCUT2D eigenvalue weighted by Gasteiger charge is -2.56. The van der Waals surface area contributed by atoms with Gasteiger partial charge < -0.3 is 4.74 Å². The van der Waals surface area contributed by atoms with Crippen LogP contribution in [-0.4, -0.2) is 17.8 Å². The number of hydrogen-bond acceptors (Lipinski definition) is 4. The van der Waals surface area contributed by atoms with Crippen molar-refractivity contribution in [3.63, 3.8) is 0 Å². The summed E-state index contributed by atoms with van der Waals surface area (Å²) in [6, 6.07) is 4.56. The highest BCUT2D eigenvalue weighted by atomic mass is 16.6. The molecule has 5 rings (SSSR count). The summed E-state index contributed by atoms with van der Waals surface area (Å²) in [7, 11) is 1.50. The molecule has 1 aromatic rings. The second-order valence-corrected chi connectivity index (χ2v) is 8.05. The molecule has 5 heteroatoms. The average Bonchev–Trinajstić information content (AvgIpc) is 2.53. The maximum Gasteiger partial charge on any atom is 0.273 e. The fourth-order valence-corrected chi connectivity index (χ4v) is 5.81. The second kappa shape index (κ2) is 5.57. The molecular formula is C19H23NO4. The van der Waals surface area contributed by atoms with Gasteiger partial charge in [-0.05, 0) is 62.3 Å². The van der Waals surface area contributed by atoms with E-state index >= 15 is 0 Å². The number of carbonyl (C=O) groups excluding carboxylic acids is 1. The van der Waals surface area contributed by atoms with Crippen molar-refractivity contribution in [1.29, 1.82) is 0 Å². The molecule has 4 saturated carbocycles. The molecule has 0 unspecified atom stereocenters. The van der Waals surface area contributed by atoms with Crippen molar-refractivity contribution in [2.24, 2.45) is 23.2 Å². The molecule has 4 aliphatic carbocycles. The number of nitro benzene ring substituents is 1. The second-order valence-electron chi connectivity index (χ2n) is 8.05. The topological polar surface area (TPSA) is 69.4 Å². The molecule has 4 fully saturated rings. The van der Waals surface area contributed by atoms with Gasteiger partial charge in [-0.3, -0.25) is 14.9 Å². The van der Waals surface area contributed by atoms with Crippen LogP contribution < -0.4 is 4.74 Å². The zero-order chi connectivity index (χ0) is 16.9. The minimum atomic E-state index is -0.437. The van der Waals surface area contributed by atoms with Gasteiger partial charge in [0.1, 0.15) is 11.5 Å². The molecule has 1 aromatic carbocycles. The minimum Gasteiger partial charge on any atom is -0.496 e. The van der Waals surface area contributed by atoms with E-state index in [9.17, 15) is 14.9 Å². The van der Waals surface area contributed by atoms with Crippen molar-refractivity contribution in [2.45, 2.75) is 44.9 Å².